The van der Waals surface area contributed by atoms with Crippen LogP contribution in [0.1, 0.15) is 47.8 Å². The third-order valence-electron chi connectivity index (χ3n) is 6.31. The third-order valence-corrected chi connectivity index (χ3v) is 7.28. The number of rotatable bonds is 7. The molecule has 0 unspecified atom stereocenters. The molecule has 4 rings (SSSR count). The van der Waals surface area contributed by atoms with Gasteiger partial charge in [0.1, 0.15) is 12.4 Å². The van der Waals surface area contributed by atoms with Crippen LogP contribution >= 0.6 is 11.3 Å². The third kappa shape index (κ3) is 6.08. The molecule has 170 valence electrons. The minimum Gasteiger partial charge on any atom is -0.492 e. The molecule has 0 bridgehead atoms. The fourth-order valence-electron chi connectivity index (χ4n) is 4.81. The molecular weight excluding hydrogens is 406 g/mol. The summed E-state index contributed by atoms with van der Waals surface area (Å²) in [4.78, 5) is 8.50. The summed E-state index contributed by atoms with van der Waals surface area (Å²) in [7, 11) is 3.98. The van der Waals surface area contributed by atoms with Gasteiger partial charge in [-0.05, 0) is 81.7 Å². The first-order chi connectivity index (χ1) is 14.9. The van der Waals surface area contributed by atoms with Gasteiger partial charge in [-0.2, -0.15) is 0 Å². The van der Waals surface area contributed by atoms with Crippen molar-refractivity contribution in [1.29, 1.82) is 0 Å². The lowest BCUT2D eigenvalue weighted by Gasteiger charge is -2.28. The van der Waals surface area contributed by atoms with E-state index in [0.717, 1.165) is 37.5 Å². The first kappa shape index (κ1) is 22.7. The van der Waals surface area contributed by atoms with Crippen LogP contribution in [0.2, 0.25) is 0 Å². The summed E-state index contributed by atoms with van der Waals surface area (Å²) in [5.74, 6) is 0.948. The van der Waals surface area contributed by atoms with Crippen LogP contribution in [-0.2, 0) is 25.2 Å². The van der Waals surface area contributed by atoms with Crippen molar-refractivity contribution in [1.82, 2.24) is 14.7 Å². The van der Waals surface area contributed by atoms with Crippen molar-refractivity contribution in [2.75, 3.05) is 46.9 Å². The molecule has 1 fully saturated rings. The number of thiophene rings is 1. The van der Waals surface area contributed by atoms with Crippen LogP contribution in [0.4, 0.5) is 0 Å². The molecule has 6 heteroatoms. The van der Waals surface area contributed by atoms with Gasteiger partial charge in [0.25, 0.3) is 0 Å². The molecular formula is C25H37N3O2S. The molecule has 1 aromatic heterocycles. The minimum atomic E-state index is -0.882. The van der Waals surface area contributed by atoms with E-state index in [1.807, 2.05) is 49.4 Å². The number of aliphatic hydroxyl groups is 1. The molecule has 5 nitrogen and oxygen atoms in total. The van der Waals surface area contributed by atoms with Gasteiger partial charge in [-0.25, -0.2) is 0 Å². The molecule has 0 amide bonds. The monoisotopic (exact) mass is 443 g/mol. The fourth-order valence-corrected chi connectivity index (χ4v) is 5.74. The smallest absolute Gasteiger partial charge is 0.123 e. The van der Waals surface area contributed by atoms with E-state index in [1.165, 1.54) is 48.4 Å². The van der Waals surface area contributed by atoms with E-state index in [2.05, 4.69) is 27.3 Å². The number of likely N-dealkylation sites (tertiary alicyclic amines) is 1. The second kappa shape index (κ2) is 10.0. The average molecular weight is 444 g/mol. The van der Waals surface area contributed by atoms with Crippen LogP contribution < -0.4 is 4.74 Å². The number of hydrogen-bond donors (Lipinski definition) is 1. The molecule has 1 aromatic carbocycles. The second-order valence-electron chi connectivity index (χ2n) is 9.65. The Balaban J connectivity index is 1.42. The van der Waals surface area contributed by atoms with Gasteiger partial charge >= 0.3 is 0 Å². The van der Waals surface area contributed by atoms with Gasteiger partial charge < -0.3 is 14.7 Å². The number of fused-ring (bicyclic) bond motifs is 1. The predicted octanol–water partition coefficient (Wildman–Crippen LogP) is 3.90. The largest absolute Gasteiger partial charge is 0.492 e. The van der Waals surface area contributed by atoms with Gasteiger partial charge in [-0.3, -0.25) is 9.80 Å². The van der Waals surface area contributed by atoms with Crippen LogP contribution in [0.5, 0.6) is 5.75 Å². The maximum absolute atomic E-state index is 11.0. The highest BCUT2D eigenvalue weighted by molar-refractivity contribution is 7.10. The topological polar surface area (TPSA) is 39.2 Å². The van der Waals surface area contributed by atoms with E-state index >= 15 is 0 Å². The number of likely N-dealkylation sites (N-methyl/N-ethyl adjacent to an activating group) is 1. The fraction of sp³-hybridized carbons (Fsp3) is 0.600. The van der Waals surface area contributed by atoms with Gasteiger partial charge in [-0.15, -0.1) is 11.3 Å². The summed E-state index contributed by atoms with van der Waals surface area (Å²) < 4.78 is 6.03. The van der Waals surface area contributed by atoms with Crippen molar-refractivity contribution >= 4 is 11.3 Å². The Morgan fingerprint density at radius 3 is 2.65 bits per heavy atom. The van der Waals surface area contributed by atoms with Crippen molar-refractivity contribution in [3.63, 3.8) is 0 Å². The Kier molecular flexibility index (Phi) is 7.34. The zero-order chi connectivity index (χ0) is 21.8. The van der Waals surface area contributed by atoms with E-state index < -0.39 is 5.60 Å². The van der Waals surface area contributed by atoms with E-state index in [-0.39, 0.29) is 0 Å². The molecule has 2 aromatic rings. The predicted molar refractivity (Wildman–Crippen MR) is 128 cm³/mol. The number of ether oxygens (including phenoxy) is 1. The lowest BCUT2D eigenvalue weighted by Crippen LogP contribution is -2.34. The molecule has 2 aliphatic rings. The molecule has 2 aliphatic heterocycles. The number of nitrogens with zero attached hydrogens (tertiary/aromatic N) is 3. The molecule has 1 N–H and O–H groups in total. The van der Waals surface area contributed by atoms with Crippen molar-refractivity contribution in [3.8, 4) is 5.75 Å². The molecule has 1 saturated heterocycles. The van der Waals surface area contributed by atoms with Crippen LogP contribution in [-0.4, -0.2) is 66.7 Å². The van der Waals surface area contributed by atoms with E-state index in [0.29, 0.717) is 13.2 Å². The Morgan fingerprint density at radius 1 is 1.06 bits per heavy atom. The zero-order valence-electron chi connectivity index (χ0n) is 19.3. The lowest BCUT2D eigenvalue weighted by atomic mass is 9.93. The van der Waals surface area contributed by atoms with Crippen molar-refractivity contribution in [2.45, 2.75) is 51.4 Å². The maximum Gasteiger partial charge on any atom is 0.123 e. The molecule has 0 radical (unpaired) electrons. The van der Waals surface area contributed by atoms with E-state index in [4.69, 9.17) is 4.74 Å². The average Bonchev–Trinajstić information content (AvgIpc) is 3.04. The van der Waals surface area contributed by atoms with Gasteiger partial charge in [-0.1, -0.05) is 12.5 Å². The van der Waals surface area contributed by atoms with Crippen LogP contribution in [0.3, 0.4) is 0 Å². The van der Waals surface area contributed by atoms with Crippen molar-refractivity contribution in [2.24, 2.45) is 0 Å². The van der Waals surface area contributed by atoms with Crippen molar-refractivity contribution in [3.05, 3.63) is 51.2 Å². The Labute approximate surface area is 191 Å². The van der Waals surface area contributed by atoms with Gasteiger partial charge in [0.05, 0.1) is 5.60 Å². The summed E-state index contributed by atoms with van der Waals surface area (Å²) >= 11 is 1.88. The Bertz CT molecular complexity index is 858. The normalized spacial score (nSPS) is 20.2. The van der Waals surface area contributed by atoms with Gasteiger partial charge in [0, 0.05) is 43.2 Å². The number of hydrogen-bond acceptors (Lipinski definition) is 6. The summed E-state index contributed by atoms with van der Waals surface area (Å²) in [5, 5.41) is 13.3. The first-order valence-electron chi connectivity index (χ1n) is 11.5. The highest BCUT2D eigenvalue weighted by Crippen LogP contribution is 2.30. The first-order valence-corrected chi connectivity index (χ1v) is 12.4. The quantitative estimate of drug-likeness (QED) is 0.703. The number of piperidine rings is 1. The van der Waals surface area contributed by atoms with Gasteiger partial charge in [0.15, 0.2) is 0 Å². The Hall–Kier alpha value is -1.44. The molecule has 0 saturated carbocycles. The molecule has 1 atom stereocenters. The van der Waals surface area contributed by atoms with Crippen molar-refractivity contribution < 1.29 is 9.84 Å². The lowest BCUT2D eigenvalue weighted by molar-refractivity contribution is 0.0299. The van der Waals surface area contributed by atoms with Crippen LogP contribution in [0, 0.1) is 0 Å². The zero-order valence-corrected chi connectivity index (χ0v) is 20.1. The molecule has 31 heavy (non-hydrogen) atoms. The second-order valence-corrected chi connectivity index (χ2v) is 10.6. The SMILES string of the molecule is CN(C)C[C@](C)(O)c1ccc2c(c1)CN(Cc1cc(CN3CCCCC3)cs1)CCO2. The molecule has 0 spiro atoms. The molecule has 0 aliphatic carbocycles. The van der Waals surface area contributed by atoms with Gasteiger partial charge in [0.2, 0.25) is 0 Å². The van der Waals surface area contributed by atoms with Crippen LogP contribution in [0.25, 0.3) is 0 Å². The summed E-state index contributed by atoms with van der Waals surface area (Å²) in [6, 6.07) is 8.56. The summed E-state index contributed by atoms with van der Waals surface area (Å²) in [5.41, 5.74) is 2.69. The highest BCUT2D eigenvalue weighted by Gasteiger charge is 2.26. The van der Waals surface area contributed by atoms with E-state index in [9.17, 15) is 5.11 Å². The Morgan fingerprint density at radius 2 is 1.87 bits per heavy atom. The molecule has 3 heterocycles. The standard InChI is InChI=1S/C25H37N3O2S/c1-25(29,19-26(2)3)22-7-8-24-21(14-22)16-28(11-12-30-24)17-23-13-20(18-31-23)15-27-9-5-4-6-10-27/h7-8,13-14,18,29H,4-6,9-12,15-17,19H2,1-3H3/t25-/m0/s1. The minimum absolute atomic E-state index is 0.589. The van der Waals surface area contributed by atoms with Crippen LogP contribution in [0.15, 0.2) is 29.6 Å². The maximum atomic E-state index is 11.0. The summed E-state index contributed by atoms with van der Waals surface area (Å²) in [6.45, 7) is 9.46. The number of benzene rings is 1. The summed E-state index contributed by atoms with van der Waals surface area (Å²) in [6.07, 6.45) is 4.07. The highest BCUT2D eigenvalue weighted by atomic mass is 32.1. The van der Waals surface area contributed by atoms with E-state index in [1.54, 1.807) is 0 Å².